The Labute approximate surface area is 132 Å². The van der Waals surface area contributed by atoms with Crippen molar-refractivity contribution in [2.24, 2.45) is 11.8 Å². The number of hydrogen-bond donors (Lipinski definition) is 0. The van der Waals surface area contributed by atoms with Gasteiger partial charge in [-0.25, -0.2) is 4.39 Å². The van der Waals surface area contributed by atoms with E-state index in [0.717, 1.165) is 18.8 Å². The molecule has 4 fully saturated rings. The van der Waals surface area contributed by atoms with E-state index in [-0.39, 0.29) is 17.5 Å². The van der Waals surface area contributed by atoms with E-state index in [4.69, 9.17) is 9.47 Å². The van der Waals surface area contributed by atoms with Gasteiger partial charge in [-0.1, -0.05) is 31.0 Å². The Morgan fingerprint density at radius 3 is 2.91 bits per heavy atom. The minimum absolute atomic E-state index is 0.0997. The molecule has 2 nitrogen and oxygen atoms in total. The SMILES string of the molecule is C[C@]12C[C@H]3CCCC[C@@H](O1)[C@@H]3C[C@@H]2OCc1ccccc1F. The number of ether oxygens (including phenoxy) is 2. The van der Waals surface area contributed by atoms with Crippen molar-refractivity contribution in [1.82, 2.24) is 0 Å². The van der Waals surface area contributed by atoms with Crippen LogP contribution in [0.25, 0.3) is 0 Å². The number of rotatable bonds is 3. The van der Waals surface area contributed by atoms with Gasteiger partial charge in [0.1, 0.15) is 5.82 Å². The Morgan fingerprint density at radius 1 is 1.27 bits per heavy atom. The van der Waals surface area contributed by atoms with Crippen LogP contribution in [-0.4, -0.2) is 17.8 Å². The molecule has 0 N–H and O–H groups in total. The van der Waals surface area contributed by atoms with Crippen molar-refractivity contribution >= 4 is 0 Å². The second-order valence-electron chi connectivity index (χ2n) is 7.51. The summed E-state index contributed by atoms with van der Waals surface area (Å²) in [6, 6.07) is 6.88. The molecule has 0 amide bonds. The second kappa shape index (κ2) is 5.61. The molecule has 1 aromatic carbocycles. The number of hydrogen-bond acceptors (Lipinski definition) is 2. The maximum Gasteiger partial charge on any atom is 0.128 e. The third-order valence-electron chi connectivity index (χ3n) is 6.05. The first-order valence-electron chi connectivity index (χ1n) is 8.68. The minimum atomic E-state index is -0.181. The van der Waals surface area contributed by atoms with Crippen molar-refractivity contribution < 1.29 is 13.9 Å². The summed E-state index contributed by atoms with van der Waals surface area (Å²) in [7, 11) is 0. The monoisotopic (exact) mass is 304 g/mol. The zero-order chi connectivity index (χ0) is 15.2. The summed E-state index contributed by atoms with van der Waals surface area (Å²) in [6.45, 7) is 2.55. The predicted molar refractivity (Wildman–Crippen MR) is 82.9 cm³/mol. The van der Waals surface area contributed by atoms with Crippen molar-refractivity contribution in [1.29, 1.82) is 0 Å². The van der Waals surface area contributed by atoms with E-state index >= 15 is 0 Å². The Balaban J connectivity index is 1.47. The lowest BCUT2D eigenvalue weighted by Crippen LogP contribution is -2.60. The molecule has 0 radical (unpaired) electrons. The van der Waals surface area contributed by atoms with Crippen LogP contribution in [-0.2, 0) is 16.1 Å². The number of benzene rings is 1. The summed E-state index contributed by atoms with van der Waals surface area (Å²) in [5.74, 6) is 1.28. The Morgan fingerprint density at radius 2 is 2.09 bits per heavy atom. The second-order valence-corrected chi connectivity index (χ2v) is 7.51. The highest BCUT2D eigenvalue weighted by Gasteiger charge is 2.55. The summed E-state index contributed by atoms with van der Waals surface area (Å²) < 4.78 is 26.3. The molecule has 2 saturated carbocycles. The average molecular weight is 304 g/mol. The summed E-state index contributed by atoms with van der Waals surface area (Å²) in [4.78, 5) is 0. The lowest BCUT2D eigenvalue weighted by atomic mass is 9.65. The van der Waals surface area contributed by atoms with Crippen LogP contribution in [0.3, 0.4) is 0 Å². The van der Waals surface area contributed by atoms with Crippen LogP contribution >= 0.6 is 0 Å². The largest absolute Gasteiger partial charge is 0.370 e. The fourth-order valence-electron chi connectivity index (χ4n) is 4.90. The van der Waals surface area contributed by atoms with E-state index < -0.39 is 0 Å². The van der Waals surface area contributed by atoms with Crippen molar-refractivity contribution in [3.63, 3.8) is 0 Å². The van der Waals surface area contributed by atoms with Gasteiger partial charge in [0.05, 0.1) is 24.4 Å². The highest BCUT2D eigenvalue weighted by Crippen LogP contribution is 2.53. The first-order chi connectivity index (χ1) is 10.7. The lowest BCUT2D eigenvalue weighted by molar-refractivity contribution is -0.267. The topological polar surface area (TPSA) is 18.5 Å². The normalized spacial score (nSPS) is 40.5. The van der Waals surface area contributed by atoms with Crippen LogP contribution in [0.15, 0.2) is 24.3 Å². The average Bonchev–Trinajstić information content (AvgIpc) is 2.64. The maximum absolute atomic E-state index is 13.8. The molecule has 1 aromatic rings. The highest BCUT2D eigenvalue weighted by atomic mass is 19.1. The fraction of sp³-hybridized carbons (Fsp3) is 0.684. The van der Waals surface area contributed by atoms with E-state index in [2.05, 4.69) is 6.92 Å². The Bertz CT molecular complexity index is 528. The van der Waals surface area contributed by atoms with Crippen LogP contribution in [0.5, 0.6) is 0 Å². The van der Waals surface area contributed by atoms with Gasteiger partial charge in [-0.2, -0.15) is 0 Å². The van der Waals surface area contributed by atoms with Crippen molar-refractivity contribution in [3.8, 4) is 0 Å². The molecule has 0 aromatic heterocycles. The van der Waals surface area contributed by atoms with Crippen LogP contribution in [0, 0.1) is 17.7 Å². The molecular weight excluding hydrogens is 279 g/mol. The van der Waals surface area contributed by atoms with Gasteiger partial charge in [-0.05, 0) is 50.5 Å². The zero-order valence-corrected chi connectivity index (χ0v) is 13.3. The van der Waals surface area contributed by atoms with Gasteiger partial charge in [0.15, 0.2) is 0 Å². The summed E-state index contributed by atoms with van der Waals surface area (Å²) >= 11 is 0. The van der Waals surface area contributed by atoms with E-state index in [1.807, 2.05) is 6.07 Å². The van der Waals surface area contributed by atoms with Crippen LogP contribution in [0.1, 0.15) is 51.0 Å². The lowest BCUT2D eigenvalue weighted by Gasteiger charge is -2.56. The Hall–Kier alpha value is -0.930. The quantitative estimate of drug-likeness (QED) is 0.820. The van der Waals surface area contributed by atoms with E-state index in [1.54, 1.807) is 12.1 Å². The van der Waals surface area contributed by atoms with Crippen LogP contribution in [0.2, 0.25) is 0 Å². The molecule has 4 aliphatic rings. The highest BCUT2D eigenvalue weighted by molar-refractivity contribution is 5.16. The van der Waals surface area contributed by atoms with Crippen molar-refractivity contribution in [2.75, 3.05) is 0 Å². The summed E-state index contributed by atoms with van der Waals surface area (Å²) in [5.41, 5.74) is 0.463. The third kappa shape index (κ3) is 2.48. The molecule has 22 heavy (non-hydrogen) atoms. The molecule has 0 spiro atoms. The van der Waals surface area contributed by atoms with Gasteiger partial charge in [0, 0.05) is 5.56 Å². The van der Waals surface area contributed by atoms with Gasteiger partial charge in [0.25, 0.3) is 0 Å². The molecule has 2 heterocycles. The molecule has 4 bridgehead atoms. The molecule has 3 heteroatoms. The molecule has 0 unspecified atom stereocenters. The number of halogens is 1. The molecule has 2 aliphatic carbocycles. The van der Waals surface area contributed by atoms with Crippen LogP contribution in [0.4, 0.5) is 4.39 Å². The van der Waals surface area contributed by atoms with E-state index in [0.29, 0.717) is 24.2 Å². The Kier molecular flexibility index (Phi) is 3.74. The van der Waals surface area contributed by atoms with Gasteiger partial charge in [-0.3, -0.25) is 0 Å². The molecule has 2 aliphatic heterocycles. The van der Waals surface area contributed by atoms with Crippen LogP contribution < -0.4 is 0 Å². The molecule has 5 rings (SSSR count). The van der Waals surface area contributed by atoms with Gasteiger partial charge >= 0.3 is 0 Å². The summed E-state index contributed by atoms with van der Waals surface area (Å²) in [5, 5.41) is 0. The third-order valence-corrected chi connectivity index (χ3v) is 6.05. The van der Waals surface area contributed by atoms with E-state index in [9.17, 15) is 4.39 Å². The smallest absolute Gasteiger partial charge is 0.128 e. The van der Waals surface area contributed by atoms with Gasteiger partial charge < -0.3 is 9.47 Å². The molecule has 5 atom stereocenters. The fourth-order valence-corrected chi connectivity index (χ4v) is 4.90. The minimum Gasteiger partial charge on any atom is -0.370 e. The first kappa shape index (κ1) is 14.6. The zero-order valence-electron chi connectivity index (χ0n) is 13.3. The maximum atomic E-state index is 13.8. The molecular formula is C19H25FO2. The number of fused-ring (bicyclic) bond motifs is 1. The standard InChI is InChI=1S/C19H25FO2/c1-19-11-13-6-3-5-9-17(22-19)15(13)10-18(19)21-12-14-7-2-4-8-16(14)20/h2,4,7-8,13,15,17-18H,3,5-6,9-12H2,1H3/t13-,15-,17-,18+,19-/m1/s1. The first-order valence-corrected chi connectivity index (χ1v) is 8.68. The van der Waals surface area contributed by atoms with Gasteiger partial charge in [-0.15, -0.1) is 0 Å². The predicted octanol–water partition coefficient (Wildman–Crippen LogP) is 4.47. The van der Waals surface area contributed by atoms with E-state index in [1.165, 1.54) is 31.7 Å². The van der Waals surface area contributed by atoms with Crippen molar-refractivity contribution in [3.05, 3.63) is 35.6 Å². The molecule has 120 valence electrons. The summed E-state index contributed by atoms with van der Waals surface area (Å²) in [6.07, 6.45) is 7.92. The van der Waals surface area contributed by atoms with Crippen molar-refractivity contribution in [2.45, 2.75) is 69.9 Å². The molecule has 2 saturated heterocycles. The van der Waals surface area contributed by atoms with Gasteiger partial charge in [0.2, 0.25) is 0 Å².